The zero-order valence-corrected chi connectivity index (χ0v) is 12.0. The van der Waals surface area contributed by atoms with Crippen molar-refractivity contribution in [2.45, 2.75) is 13.0 Å². The number of primary amides is 1. The van der Waals surface area contributed by atoms with Gasteiger partial charge in [-0.25, -0.2) is 0 Å². The standard InChI is InChI=1S/C16H17N3O3/c17-16(20)13-6-3-4-12(10-13)8-9-18-11-14-5-1-2-7-15(14)19(21)22/h1-7,10,18H,8-9,11H2,(H2,17,20). The number of para-hydroxylation sites is 1. The molecule has 0 aliphatic rings. The smallest absolute Gasteiger partial charge is 0.273 e. The third-order valence-electron chi connectivity index (χ3n) is 3.31. The molecule has 0 saturated carbocycles. The number of carbonyl (C=O) groups excluding carboxylic acids is 1. The van der Waals surface area contributed by atoms with Gasteiger partial charge in [0.05, 0.1) is 4.92 Å². The molecule has 6 heteroatoms. The molecule has 2 rings (SSSR count). The lowest BCUT2D eigenvalue weighted by molar-refractivity contribution is -0.385. The second kappa shape index (κ2) is 7.33. The Bertz CT molecular complexity index is 686. The molecule has 0 saturated heterocycles. The number of nitro benzene ring substituents is 1. The van der Waals surface area contributed by atoms with Crippen LogP contribution in [0.1, 0.15) is 21.5 Å². The van der Waals surface area contributed by atoms with Crippen LogP contribution in [0.5, 0.6) is 0 Å². The van der Waals surface area contributed by atoms with Crippen molar-refractivity contribution >= 4 is 11.6 Å². The molecule has 0 fully saturated rings. The number of nitrogens with zero attached hydrogens (tertiary/aromatic N) is 1. The van der Waals surface area contributed by atoms with Crippen molar-refractivity contribution in [3.63, 3.8) is 0 Å². The van der Waals surface area contributed by atoms with Crippen molar-refractivity contribution in [3.8, 4) is 0 Å². The second-order valence-corrected chi connectivity index (χ2v) is 4.88. The number of hydrogen-bond acceptors (Lipinski definition) is 4. The molecule has 0 aliphatic carbocycles. The summed E-state index contributed by atoms with van der Waals surface area (Å²) in [7, 11) is 0. The van der Waals surface area contributed by atoms with E-state index in [1.165, 1.54) is 6.07 Å². The predicted octanol–water partition coefficient (Wildman–Crippen LogP) is 2.03. The molecular formula is C16H17N3O3. The van der Waals surface area contributed by atoms with Crippen molar-refractivity contribution in [3.05, 3.63) is 75.3 Å². The second-order valence-electron chi connectivity index (χ2n) is 4.88. The Hall–Kier alpha value is -2.73. The van der Waals surface area contributed by atoms with Crippen molar-refractivity contribution < 1.29 is 9.72 Å². The maximum Gasteiger partial charge on any atom is 0.273 e. The highest BCUT2D eigenvalue weighted by Crippen LogP contribution is 2.17. The summed E-state index contributed by atoms with van der Waals surface area (Å²) in [5.74, 6) is -0.449. The minimum absolute atomic E-state index is 0.116. The Labute approximate surface area is 128 Å². The van der Waals surface area contributed by atoms with Crippen LogP contribution in [0.4, 0.5) is 5.69 Å². The zero-order valence-electron chi connectivity index (χ0n) is 12.0. The highest BCUT2D eigenvalue weighted by molar-refractivity contribution is 5.92. The molecule has 0 heterocycles. The summed E-state index contributed by atoms with van der Waals surface area (Å²) in [6, 6.07) is 13.8. The Balaban J connectivity index is 1.89. The first-order valence-corrected chi connectivity index (χ1v) is 6.89. The lowest BCUT2D eigenvalue weighted by Crippen LogP contribution is -2.18. The fourth-order valence-electron chi connectivity index (χ4n) is 2.17. The van der Waals surface area contributed by atoms with Crippen molar-refractivity contribution in [2.75, 3.05) is 6.54 Å². The molecule has 22 heavy (non-hydrogen) atoms. The van der Waals surface area contributed by atoms with E-state index in [1.807, 2.05) is 6.07 Å². The fraction of sp³-hybridized carbons (Fsp3) is 0.188. The maximum absolute atomic E-state index is 11.1. The lowest BCUT2D eigenvalue weighted by atomic mass is 10.1. The number of rotatable bonds is 7. The van der Waals surface area contributed by atoms with E-state index in [1.54, 1.807) is 36.4 Å². The van der Waals surface area contributed by atoms with E-state index < -0.39 is 5.91 Å². The van der Waals surface area contributed by atoms with Crippen LogP contribution >= 0.6 is 0 Å². The van der Waals surface area contributed by atoms with Gasteiger partial charge in [-0.05, 0) is 30.7 Å². The van der Waals surface area contributed by atoms with E-state index in [4.69, 9.17) is 5.73 Å². The number of hydrogen-bond donors (Lipinski definition) is 2. The summed E-state index contributed by atoms with van der Waals surface area (Å²) < 4.78 is 0. The van der Waals surface area contributed by atoms with E-state index in [0.717, 1.165) is 5.56 Å². The van der Waals surface area contributed by atoms with Crippen LogP contribution in [0, 0.1) is 10.1 Å². The molecule has 0 unspecified atom stereocenters. The molecule has 0 spiro atoms. The summed E-state index contributed by atoms with van der Waals surface area (Å²) in [5.41, 5.74) is 7.48. The SMILES string of the molecule is NC(=O)c1cccc(CCNCc2ccccc2[N+](=O)[O-])c1. The predicted molar refractivity (Wildman–Crippen MR) is 83.5 cm³/mol. The third-order valence-corrected chi connectivity index (χ3v) is 3.31. The van der Waals surface area contributed by atoms with Crippen LogP contribution < -0.4 is 11.1 Å². The molecule has 0 radical (unpaired) electrons. The molecule has 114 valence electrons. The quantitative estimate of drug-likeness (QED) is 0.464. The van der Waals surface area contributed by atoms with Gasteiger partial charge in [-0.2, -0.15) is 0 Å². The minimum atomic E-state index is -0.449. The first-order valence-electron chi connectivity index (χ1n) is 6.89. The number of nitrogens with two attached hydrogens (primary N) is 1. The zero-order chi connectivity index (χ0) is 15.9. The fourth-order valence-corrected chi connectivity index (χ4v) is 2.17. The van der Waals surface area contributed by atoms with Crippen LogP contribution in [0.3, 0.4) is 0 Å². The molecule has 2 aromatic carbocycles. The average Bonchev–Trinajstić information content (AvgIpc) is 2.52. The van der Waals surface area contributed by atoms with Crippen LogP contribution in [-0.2, 0) is 13.0 Å². The lowest BCUT2D eigenvalue weighted by Gasteiger charge is -2.06. The number of nitrogens with one attached hydrogen (secondary N) is 1. The van der Waals surface area contributed by atoms with Crippen molar-refractivity contribution in [1.29, 1.82) is 0 Å². The third kappa shape index (κ3) is 4.13. The van der Waals surface area contributed by atoms with E-state index >= 15 is 0 Å². The average molecular weight is 299 g/mol. The molecule has 0 aliphatic heterocycles. The van der Waals surface area contributed by atoms with Gasteiger partial charge in [-0.1, -0.05) is 30.3 Å². The Morgan fingerprint density at radius 3 is 2.68 bits per heavy atom. The topological polar surface area (TPSA) is 98.3 Å². The largest absolute Gasteiger partial charge is 0.366 e. The first-order chi connectivity index (χ1) is 10.6. The normalized spacial score (nSPS) is 10.4. The number of nitro groups is 1. The van der Waals surface area contributed by atoms with Gasteiger partial charge in [0.1, 0.15) is 0 Å². The van der Waals surface area contributed by atoms with Crippen LogP contribution in [-0.4, -0.2) is 17.4 Å². The van der Waals surface area contributed by atoms with Crippen molar-refractivity contribution in [1.82, 2.24) is 5.32 Å². The van der Waals surface area contributed by atoms with E-state index in [2.05, 4.69) is 5.32 Å². The van der Waals surface area contributed by atoms with E-state index in [0.29, 0.717) is 30.6 Å². The molecule has 0 bridgehead atoms. The van der Waals surface area contributed by atoms with Crippen LogP contribution in [0.25, 0.3) is 0 Å². The summed E-state index contributed by atoms with van der Waals surface area (Å²) in [5, 5.41) is 14.1. The monoisotopic (exact) mass is 299 g/mol. The molecule has 6 nitrogen and oxygen atoms in total. The van der Waals surface area contributed by atoms with Gasteiger partial charge < -0.3 is 11.1 Å². The van der Waals surface area contributed by atoms with Crippen LogP contribution in [0.15, 0.2) is 48.5 Å². The van der Waals surface area contributed by atoms with Gasteiger partial charge in [0, 0.05) is 23.7 Å². The van der Waals surface area contributed by atoms with Gasteiger partial charge in [0.25, 0.3) is 5.69 Å². The number of amides is 1. The Morgan fingerprint density at radius 2 is 1.95 bits per heavy atom. The van der Waals surface area contributed by atoms with Gasteiger partial charge in [-0.3, -0.25) is 14.9 Å². The molecule has 0 aromatic heterocycles. The maximum atomic E-state index is 11.1. The van der Waals surface area contributed by atoms with E-state index in [9.17, 15) is 14.9 Å². The van der Waals surface area contributed by atoms with Crippen LogP contribution in [0.2, 0.25) is 0 Å². The molecule has 2 aromatic rings. The molecule has 3 N–H and O–H groups in total. The summed E-state index contributed by atoms with van der Waals surface area (Å²) in [6.45, 7) is 1.07. The highest BCUT2D eigenvalue weighted by Gasteiger charge is 2.11. The summed E-state index contributed by atoms with van der Waals surface area (Å²) in [4.78, 5) is 21.6. The Morgan fingerprint density at radius 1 is 1.18 bits per heavy atom. The van der Waals surface area contributed by atoms with Gasteiger partial charge in [-0.15, -0.1) is 0 Å². The Kier molecular flexibility index (Phi) is 5.21. The molecular weight excluding hydrogens is 282 g/mol. The highest BCUT2D eigenvalue weighted by atomic mass is 16.6. The number of benzene rings is 2. The summed E-state index contributed by atoms with van der Waals surface area (Å²) in [6.07, 6.45) is 0.710. The summed E-state index contributed by atoms with van der Waals surface area (Å²) >= 11 is 0. The van der Waals surface area contributed by atoms with Gasteiger partial charge in [0.2, 0.25) is 5.91 Å². The first kappa shape index (κ1) is 15.7. The number of carbonyl (C=O) groups is 1. The van der Waals surface area contributed by atoms with Crippen molar-refractivity contribution in [2.24, 2.45) is 5.73 Å². The van der Waals surface area contributed by atoms with Gasteiger partial charge >= 0.3 is 0 Å². The molecule has 1 amide bonds. The molecule has 0 atom stereocenters. The van der Waals surface area contributed by atoms with Gasteiger partial charge in [0.15, 0.2) is 0 Å². The minimum Gasteiger partial charge on any atom is -0.366 e. The van der Waals surface area contributed by atoms with E-state index in [-0.39, 0.29) is 10.6 Å².